The monoisotopic (exact) mass is 520 g/mol. The molecule has 0 saturated heterocycles. The van der Waals surface area contributed by atoms with Crippen molar-refractivity contribution in [2.75, 3.05) is 48.6 Å². The summed E-state index contributed by atoms with van der Waals surface area (Å²) in [7, 11) is 7.81. The van der Waals surface area contributed by atoms with Crippen LogP contribution in [0.5, 0.6) is 0 Å². The fourth-order valence-electron chi connectivity index (χ4n) is 4.61. The molecule has 1 aliphatic carbocycles. The van der Waals surface area contributed by atoms with Crippen molar-refractivity contribution in [2.24, 2.45) is 0 Å². The maximum absolute atomic E-state index is 13.9. The van der Waals surface area contributed by atoms with Crippen LogP contribution in [-0.4, -0.2) is 50.8 Å². The van der Waals surface area contributed by atoms with Crippen molar-refractivity contribution < 1.29 is 19.5 Å². The van der Waals surface area contributed by atoms with E-state index in [9.17, 15) is 19.5 Å². The lowest BCUT2D eigenvalue weighted by atomic mass is 9.81. The summed E-state index contributed by atoms with van der Waals surface area (Å²) in [5.41, 5.74) is 5.13. The van der Waals surface area contributed by atoms with E-state index >= 15 is 0 Å². The molecule has 0 spiro atoms. The van der Waals surface area contributed by atoms with Crippen LogP contribution in [0.1, 0.15) is 42.2 Å². The smallest absolute Gasteiger partial charge is 0.335 e. The molecule has 0 aromatic heterocycles. The normalized spacial score (nSPS) is 11.9. The highest BCUT2D eigenvalue weighted by Gasteiger charge is 2.35. The second-order valence-electron chi connectivity index (χ2n) is 9.77. The molecule has 0 amide bonds. The quantitative estimate of drug-likeness (QED) is 0.248. The lowest BCUT2D eigenvalue weighted by Gasteiger charge is -2.24. The number of carbonyl (C=O) groups is 3. The predicted molar refractivity (Wildman–Crippen MR) is 155 cm³/mol. The van der Waals surface area contributed by atoms with Gasteiger partial charge in [0.1, 0.15) is 0 Å². The summed E-state index contributed by atoms with van der Waals surface area (Å²) >= 11 is 0. The molecule has 8 heteroatoms. The minimum absolute atomic E-state index is 0.0533. The van der Waals surface area contributed by atoms with E-state index in [1.807, 2.05) is 86.5 Å². The van der Waals surface area contributed by atoms with E-state index < -0.39 is 11.8 Å². The average Bonchev–Trinajstić information content (AvgIpc) is 2.92. The molecule has 0 atom stereocenters. The van der Waals surface area contributed by atoms with Crippen LogP contribution < -0.4 is 20.4 Å². The highest BCUT2D eigenvalue weighted by atomic mass is 16.4. The van der Waals surface area contributed by atoms with Crippen molar-refractivity contribution in [3.63, 3.8) is 0 Å². The topological polar surface area (TPSA) is 102 Å². The summed E-state index contributed by atoms with van der Waals surface area (Å²) in [5, 5.41) is 16.1. The maximum atomic E-state index is 13.9. The Balaban J connectivity index is 1.62. The number of rotatable bonds is 7. The molecule has 4 aromatic carbocycles. The fraction of sp³-hybridized carbons (Fsp3) is 0.129. The molecule has 0 radical (unpaired) electrons. The van der Waals surface area contributed by atoms with Gasteiger partial charge in [-0.2, -0.15) is 0 Å². The minimum Gasteiger partial charge on any atom is -0.478 e. The first-order valence-electron chi connectivity index (χ1n) is 12.4. The summed E-state index contributed by atoms with van der Waals surface area (Å²) in [6.45, 7) is 0. The number of carboxylic acid groups (broad SMARTS) is 1. The Labute approximate surface area is 226 Å². The first-order chi connectivity index (χ1) is 18.6. The van der Waals surface area contributed by atoms with Crippen LogP contribution in [0.3, 0.4) is 0 Å². The predicted octanol–water partition coefficient (Wildman–Crippen LogP) is 5.78. The van der Waals surface area contributed by atoms with Gasteiger partial charge in [-0.05, 0) is 78.9 Å². The Morgan fingerprint density at radius 1 is 0.615 bits per heavy atom. The number of anilines is 6. The zero-order valence-corrected chi connectivity index (χ0v) is 22.1. The summed E-state index contributed by atoms with van der Waals surface area (Å²) in [5.74, 6) is -1.93. The van der Waals surface area contributed by atoms with Gasteiger partial charge in [-0.1, -0.05) is 0 Å². The third kappa shape index (κ3) is 4.80. The minimum atomic E-state index is -1.17. The summed E-state index contributed by atoms with van der Waals surface area (Å²) in [6.07, 6.45) is 0. The molecule has 3 N–H and O–H groups in total. The van der Waals surface area contributed by atoms with Crippen molar-refractivity contribution in [2.45, 2.75) is 0 Å². The Morgan fingerprint density at radius 3 is 1.46 bits per heavy atom. The van der Waals surface area contributed by atoms with Crippen LogP contribution in [-0.2, 0) is 0 Å². The van der Waals surface area contributed by atoms with Gasteiger partial charge in [-0.15, -0.1) is 0 Å². The zero-order chi connectivity index (χ0) is 27.8. The third-order valence-corrected chi connectivity index (χ3v) is 6.74. The molecule has 0 fully saturated rings. The number of fused-ring (bicyclic) bond motifs is 2. The largest absolute Gasteiger partial charge is 0.478 e. The number of carboxylic acids is 1. The molecule has 0 heterocycles. The molecule has 0 unspecified atom stereocenters. The van der Waals surface area contributed by atoms with Gasteiger partial charge >= 0.3 is 5.97 Å². The number of nitrogens with one attached hydrogen (secondary N) is 2. The summed E-state index contributed by atoms with van der Waals surface area (Å²) in [4.78, 5) is 43.3. The average molecular weight is 521 g/mol. The number of benzene rings is 4. The molecule has 1 aliphatic rings. The fourth-order valence-corrected chi connectivity index (χ4v) is 4.61. The number of nitrogens with zero attached hydrogens (tertiary/aromatic N) is 2. The Hall–Kier alpha value is -5.11. The zero-order valence-electron chi connectivity index (χ0n) is 22.1. The first-order valence-corrected chi connectivity index (χ1v) is 12.4. The Kier molecular flexibility index (Phi) is 6.54. The summed E-state index contributed by atoms with van der Waals surface area (Å²) < 4.78 is 0. The molecule has 4 aromatic rings. The van der Waals surface area contributed by atoms with Gasteiger partial charge in [-0.25, -0.2) is 4.79 Å². The van der Waals surface area contributed by atoms with Crippen LogP contribution in [0.2, 0.25) is 0 Å². The van der Waals surface area contributed by atoms with Crippen LogP contribution >= 0.6 is 0 Å². The van der Waals surface area contributed by atoms with Crippen molar-refractivity contribution in [1.29, 1.82) is 0 Å². The van der Waals surface area contributed by atoms with Crippen molar-refractivity contribution in [1.82, 2.24) is 0 Å². The van der Waals surface area contributed by atoms with E-state index in [0.717, 1.165) is 22.7 Å². The molecule has 0 saturated carbocycles. The van der Waals surface area contributed by atoms with Gasteiger partial charge in [0, 0.05) is 62.1 Å². The van der Waals surface area contributed by atoms with E-state index in [1.165, 1.54) is 18.2 Å². The standard InChI is InChI=1S/C31H28N4O4/c1-34(2)21-10-6-19(7-11-21)32-25-15-16-26(33-20-8-12-22(13-9-20)35(3)4)28-27(25)29(36)23-14-5-18(31(38)39)17-24(23)30(28)37/h5-17,32-33H,1-4H3,(H,38,39). The molecule has 0 aliphatic heterocycles. The van der Waals surface area contributed by atoms with Crippen LogP contribution in [0, 0.1) is 0 Å². The highest BCUT2D eigenvalue weighted by Crippen LogP contribution is 2.39. The van der Waals surface area contributed by atoms with Crippen molar-refractivity contribution in [3.8, 4) is 0 Å². The first kappa shape index (κ1) is 25.5. The van der Waals surface area contributed by atoms with Gasteiger partial charge in [-0.3, -0.25) is 9.59 Å². The lowest BCUT2D eigenvalue weighted by Crippen LogP contribution is -2.24. The van der Waals surface area contributed by atoms with Gasteiger partial charge in [0.25, 0.3) is 0 Å². The Morgan fingerprint density at radius 2 is 1.05 bits per heavy atom. The second kappa shape index (κ2) is 9.98. The molecular formula is C31H28N4O4. The SMILES string of the molecule is CN(C)c1ccc(Nc2ccc(Nc3ccc(N(C)C)cc3)c3c2C(=O)c2ccc(C(=O)O)cc2C3=O)cc1. The molecular weight excluding hydrogens is 492 g/mol. The molecule has 8 nitrogen and oxygen atoms in total. The van der Waals surface area contributed by atoms with Crippen LogP contribution in [0.25, 0.3) is 0 Å². The number of aromatic carboxylic acids is 1. The number of carbonyl (C=O) groups excluding carboxylic acids is 2. The molecule has 196 valence electrons. The van der Waals surface area contributed by atoms with Gasteiger partial charge in [0.2, 0.25) is 0 Å². The van der Waals surface area contributed by atoms with Gasteiger partial charge < -0.3 is 25.5 Å². The van der Waals surface area contributed by atoms with Crippen LogP contribution in [0.15, 0.2) is 78.9 Å². The molecule has 39 heavy (non-hydrogen) atoms. The summed E-state index contributed by atoms with van der Waals surface area (Å²) in [6, 6.07) is 23.0. The van der Waals surface area contributed by atoms with Gasteiger partial charge in [0.15, 0.2) is 11.6 Å². The maximum Gasteiger partial charge on any atom is 0.335 e. The third-order valence-electron chi connectivity index (χ3n) is 6.74. The molecule has 0 bridgehead atoms. The van der Waals surface area contributed by atoms with E-state index in [-0.39, 0.29) is 33.6 Å². The number of ketones is 2. The van der Waals surface area contributed by atoms with Crippen molar-refractivity contribution in [3.05, 3.63) is 107 Å². The Bertz CT molecular complexity index is 1610. The lowest BCUT2D eigenvalue weighted by molar-refractivity contribution is 0.0696. The van der Waals surface area contributed by atoms with Crippen LogP contribution in [0.4, 0.5) is 34.1 Å². The highest BCUT2D eigenvalue weighted by molar-refractivity contribution is 6.32. The van der Waals surface area contributed by atoms with Gasteiger partial charge in [0.05, 0.1) is 28.1 Å². The van der Waals surface area contributed by atoms with E-state index in [4.69, 9.17) is 0 Å². The molecule has 5 rings (SSSR count). The number of hydrogen-bond donors (Lipinski definition) is 3. The second-order valence-corrected chi connectivity index (χ2v) is 9.77. The van der Waals surface area contributed by atoms with Crippen molar-refractivity contribution >= 4 is 51.7 Å². The van der Waals surface area contributed by atoms with E-state index in [1.54, 1.807) is 12.1 Å². The van der Waals surface area contributed by atoms with E-state index in [0.29, 0.717) is 11.4 Å². The van der Waals surface area contributed by atoms with E-state index in [2.05, 4.69) is 10.6 Å². The number of hydrogen-bond acceptors (Lipinski definition) is 7.